The van der Waals surface area contributed by atoms with Crippen molar-refractivity contribution in [1.82, 2.24) is 5.32 Å². The highest BCUT2D eigenvalue weighted by Gasteiger charge is 2.25. The van der Waals surface area contributed by atoms with Gasteiger partial charge in [0.15, 0.2) is 0 Å². The number of amides is 1. The van der Waals surface area contributed by atoms with Gasteiger partial charge in [0.1, 0.15) is 12.4 Å². The van der Waals surface area contributed by atoms with Crippen molar-refractivity contribution in [3.05, 3.63) is 29.8 Å². The molecule has 1 amide bonds. The molecule has 1 rings (SSSR count). The molecule has 0 bridgehead atoms. The highest BCUT2D eigenvalue weighted by molar-refractivity contribution is 6.19. The highest BCUT2D eigenvalue weighted by Crippen LogP contribution is 2.16. The number of alkyl halides is 1. The van der Waals surface area contributed by atoms with Crippen molar-refractivity contribution >= 4 is 17.5 Å². The molecular formula is C16H20ClNO2. The standard InChI is InChI=1S/C16H20ClNO2/c1-13-8-4-5-9-14(13)20-11-7-6-10-18-15(19)16(2,3)12-17/h4-5,8-9H,10-12H2,1-3H3,(H,18,19). The molecule has 4 heteroatoms. The maximum atomic E-state index is 11.7. The van der Waals surface area contributed by atoms with Gasteiger partial charge in [0.05, 0.1) is 12.0 Å². The minimum absolute atomic E-state index is 0.0957. The van der Waals surface area contributed by atoms with Crippen molar-refractivity contribution in [2.24, 2.45) is 5.41 Å². The van der Waals surface area contributed by atoms with Crippen LogP contribution in [0.4, 0.5) is 0 Å². The van der Waals surface area contributed by atoms with Crippen LogP contribution in [0.3, 0.4) is 0 Å². The van der Waals surface area contributed by atoms with E-state index in [1.807, 2.05) is 31.2 Å². The van der Waals surface area contributed by atoms with Crippen molar-refractivity contribution in [1.29, 1.82) is 0 Å². The molecule has 0 saturated heterocycles. The van der Waals surface area contributed by atoms with E-state index >= 15 is 0 Å². The summed E-state index contributed by atoms with van der Waals surface area (Å²) in [7, 11) is 0. The second-order valence-electron chi connectivity index (χ2n) is 5.11. The fraction of sp³-hybridized carbons (Fsp3) is 0.438. The van der Waals surface area contributed by atoms with Gasteiger partial charge in [0.25, 0.3) is 0 Å². The number of hydrogen-bond acceptors (Lipinski definition) is 2. The fourth-order valence-corrected chi connectivity index (χ4v) is 1.49. The Balaban J connectivity index is 2.31. The predicted octanol–water partition coefficient (Wildman–Crippen LogP) is 2.76. The van der Waals surface area contributed by atoms with Crippen molar-refractivity contribution < 1.29 is 9.53 Å². The van der Waals surface area contributed by atoms with Crippen LogP contribution < -0.4 is 10.1 Å². The summed E-state index contributed by atoms with van der Waals surface area (Å²) in [5.74, 6) is 6.73. The summed E-state index contributed by atoms with van der Waals surface area (Å²) in [6.07, 6.45) is 0. The molecule has 0 radical (unpaired) electrons. The maximum absolute atomic E-state index is 11.7. The zero-order valence-corrected chi connectivity index (χ0v) is 12.9. The van der Waals surface area contributed by atoms with Crippen molar-refractivity contribution in [3.8, 4) is 17.6 Å². The summed E-state index contributed by atoms with van der Waals surface area (Å²) in [6, 6.07) is 7.77. The monoisotopic (exact) mass is 293 g/mol. The van der Waals surface area contributed by atoms with E-state index in [-0.39, 0.29) is 11.8 Å². The summed E-state index contributed by atoms with van der Waals surface area (Å²) in [4.78, 5) is 11.7. The van der Waals surface area contributed by atoms with Crippen LogP contribution in [0.2, 0.25) is 0 Å². The number of benzene rings is 1. The second-order valence-corrected chi connectivity index (χ2v) is 5.38. The zero-order chi connectivity index (χ0) is 15.0. The molecule has 0 saturated carbocycles. The Labute approximate surface area is 125 Å². The Morgan fingerprint density at radius 3 is 2.70 bits per heavy atom. The average molecular weight is 294 g/mol. The molecule has 0 aromatic heterocycles. The number of ether oxygens (including phenoxy) is 1. The van der Waals surface area contributed by atoms with Crippen LogP contribution in [0, 0.1) is 24.2 Å². The van der Waals surface area contributed by atoms with Crippen LogP contribution in [0.15, 0.2) is 24.3 Å². The molecule has 0 aliphatic heterocycles. The average Bonchev–Trinajstić information content (AvgIpc) is 2.44. The molecule has 1 N–H and O–H groups in total. The van der Waals surface area contributed by atoms with E-state index in [4.69, 9.17) is 16.3 Å². The van der Waals surface area contributed by atoms with Gasteiger partial charge in [-0.05, 0) is 32.4 Å². The molecule has 0 atom stereocenters. The first-order valence-electron chi connectivity index (χ1n) is 6.46. The molecule has 0 spiro atoms. The van der Waals surface area contributed by atoms with Crippen LogP contribution in [0.1, 0.15) is 19.4 Å². The van der Waals surface area contributed by atoms with Gasteiger partial charge in [0.2, 0.25) is 5.91 Å². The van der Waals surface area contributed by atoms with E-state index in [9.17, 15) is 4.79 Å². The van der Waals surface area contributed by atoms with E-state index in [1.54, 1.807) is 13.8 Å². The summed E-state index contributed by atoms with van der Waals surface area (Å²) < 4.78 is 5.52. The van der Waals surface area contributed by atoms with Crippen molar-refractivity contribution in [2.45, 2.75) is 20.8 Å². The number of rotatable bonds is 5. The molecular weight excluding hydrogens is 274 g/mol. The lowest BCUT2D eigenvalue weighted by Gasteiger charge is -2.19. The Bertz CT molecular complexity index is 515. The minimum Gasteiger partial charge on any atom is -0.481 e. The highest BCUT2D eigenvalue weighted by atomic mass is 35.5. The third-order valence-corrected chi connectivity index (χ3v) is 3.47. The molecule has 108 valence electrons. The van der Waals surface area contributed by atoms with Crippen LogP contribution in [0.5, 0.6) is 5.75 Å². The Morgan fingerprint density at radius 1 is 1.35 bits per heavy atom. The Kier molecular flexibility index (Phi) is 6.41. The number of nitrogens with one attached hydrogen (secondary N) is 1. The predicted molar refractivity (Wildman–Crippen MR) is 82.0 cm³/mol. The van der Waals surface area contributed by atoms with E-state index in [1.165, 1.54) is 0 Å². The van der Waals surface area contributed by atoms with Crippen LogP contribution in [-0.4, -0.2) is 24.9 Å². The van der Waals surface area contributed by atoms with Crippen molar-refractivity contribution in [3.63, 3.8) is 0 Å². The summed E-state index contributed by atoms with van der Waals surface area (Å²) in [5.41, 5.74) is 0.507. The van der Waals surface area contributed by atoms with Gasteiger partial charge in [-0.2, -0.15) is 0 Å². The quantitative estimate of drug-likeness (QED) is 0.670. The number of para-hydroxylation sites is 1. The summed E-state index contributed by atoms with van der Waals surface area (Å²) in [6.45, 7) is 6.18. The molecule has 0 heterocycles. The van der Waals surface area contributed by atoms with Gasteiger partial charge in [-0.25, -0.2) is 0 Å². The van der Waals surface area contributed by atoms with Gasteiger partial charge in [-0.3, -0.25) is 4.79 Å². The zero-order valence-electron chi connectivity index (χ0n) is 12.1. The largest absolute Gasteiger partial charge is 0.481 e. The number of carbonyl (C=O) groups excluding carboxylic acids is 1. The van der Waals surface area contributed by atoms with Crippen LogP contribution >= 0.6 is 11.6 Å². The molecule has 0 fully saturated rings. The first-order valence-corrected chi connectivity index (χ1v) is 6.99. The van der Waals surface area contributed by atoms with Crippen LogP contribution in [-0.2, 0) is 4.79 Å². The number of hydrogen-bond donors (Lipinski definition) is 1. The van der Waals surface area contributed by atoms with Gasteiger partial charge in [-0.1, -0.05) is 30.0 Å². The maximum Gasteiger partial charge on any atom is 0.227 e. The number of halogens is 1. The Morgan fingerprint density at radius 2 is 2.05 bits per heavy atom. The first kappa shape index (κ1) is 16.4. The van der Waals surface area contributed by atoms with E-state index < -0.39 is 5.41 Å². The topological polar surface area (TPSA) is 38.3 Å². The van der Waals surface area contributed by atoms with E-state index in [0.717, 1.165) is 11.3 Å². The third-order valence-electron chi connectivity index (χ3n) is 2.80. The number of aryl methyl sites for hydroxylation is 1. The molecule has 0 aliphatic carbocycles. The van der Waals surface area contributed by atoms with Gasteiger partial charge in [0, 0.05) is 5.88 Å². The van der Waals surface area contributed by atoms with Crippen LogP contribution in [0.25, 0.3) is 0 Å². The summed E-state index contributed by atoms with van der Waals surface area (Å²) >= 11 is 5.72. The summed E-state index contributed by atoms with van der Waals surface area (Å²) in [5, 5.41) is 2.73. The van der Waals surface area contributed by atoms with E-state index in [0.29, 0.717) is 13.2 Å². The molecule has 20 heavy (non-hydrogen) atoms. The fourth-order valence-electron chi connectivity index (χ4n) is 1.37. The molecule has 1 aromatic rings. The molecule has 1 aromatic carbocycles. The normalized spacial score (nSPS) is 10.4. The molecule has 0 unspecified atom stereocenters. The van der Waals surface area contributed by atoms with Gasteiger partial charge >= 0.3 is 0 Å². The lowest BCUT2D eigenvalue weighted by molar-refractivity contribution is -0.128. The molecule has 0 aliphatic rings. The lowest BCUT2D eigenvalue weighted by atomic mass is 9.95. The van der Waals surface area contributed by atoms with Gasteiger partial charge in [-0.15, -0.1) is 11.6 Å². The number of carbonyl (C=O) groups is 1. The lowest BCUT2D eigenvalue weighted by Crippen LogP contribution is -2.38. The minimum atomic E-state index is -0.569. The molecule has 3 nitrogen and oxygen atoms in total. The third kappa shape index (κ3) is 5.14. The first-order chi connectivity index (χ1) is 9.47. The van der Waals surface area contributed by atoms with Crippen molar-refractivity contribution in [2.75, 3.05) is 19.0 Å². The smallest absolute Gasteiger partial charge is 0.227 e. The Hall–Kier alpha value is -1.66. The van der Waals surface area contributed by atoms with Gasteiger partial charge < -0.3 is 10.1 Å². The second kappa shape index (κ2) is 7.81. The van der Waals surface area contributed by atoms with E-state index in [2.05, 4.69) is 17.2 Å². The SMILES string of the molecule is Cc1ccccc1OCC#CCNC(=O)C(C)(C)CCl.